The first kappa shape index (κ1) is 22.8. The minimum Gasteiger partial charge on any atom is -0.406 e. The Morgan fingerprint density at radius 1 is 0.969 bits per heavy atom. The Bertz CT molecular complexity index is 847. The van der Waals surface area contributed by atoms with Crippen molar-refractivity contribution in [2.75, 3.05) is 19.8 Å². The third-order valence-corrected chi connectivity index (χ3v) is 6.07. The lowest BCUT2D eigenvalue weighted by Gasteiger charge is -2.41. The Morgan fingerprint density at radius 2 is 1.59 bits per heavy atom. The smallest absolute Gasteiger partial charge is 0.406 e. The van der Waals surface area contributed by atoms with Gasteiger partial charge in [0.2, 0.25) is 0 Å². The van der Waals surface area contributed by atoms with E-state index in [0.717, 1.165) is 18.7 Å². The van der Waals surface area contributed by atoms with Gasteiger partial charge in [0.1, 0.15) is 5.75 Å². The van der Waals surface area contributed by atoms with Gasteiger partial charge in [-0.15, -0.1) is 18.2 Å². The second-order valence-corrected chi connectivity index (χ2v) is 9.88. The normalized spacial score (nSPS) is 24.7. The van der Waals surface area contributed by atoms with Crippen molar-refractivity contribution >= 4 is 5.97 Å². The van der Waals surface area contributed by atoms with Crippen molar-refractivity contribution in [1.29, 1.82) is 0 Å². The van der Waals surface area contributed by atoms with Crippen LogP contribution >= 0.6 is 0 Å². The maximum absolute atomic E-state index is 12.5. The zero-order valence-electron chi connectivity index (χ0n) is 18.6. The lowest BCUT2D eigenvalue weighted by Crippen LogP contribution is -2.50. The van der Waals surface area contributed by atoms with E-state index in [0.29, 0.717) is 19.1 Å². The molecule has 1 saturated carbocycles. The van der Waals surface area contributed by atoms with Gasteiger partial charge in [0.15, 0.2) is 0 Å². The molecule has 0 bridgehead atoms. The third-order valence-electron chi connectivity index (χ3n) is 6.07. The highest BCUT2D eigenvalue weighted by Crippen LogP contribution is 2.35. The van der Waals surface area contributed by atoms with Gasteiger partial charge in [-0.2, -0.15) is 0 Å². The maximum Gasteiger partial charge on any atom is 0.573 e. The fraction of sp³-hybridized carbons (Fsp3) is 0.609. The van der Waals surface area contributed by atoms with Crippen LogP contribution in [0.5, 0.6) is 5.75 Å². The largest absolute Gasteiger partial charge is 0.573 e. The summed E-state index contributed by atoms with van der Waals surface area (Å²) >= 11 is 0. The molecule has 0 amide bonds. The molecule has 2 heterocycles. The van der Waals surface area contributed by atoms with E-state index in [1.165, 1.54) is 25.0 Å². The molecule has 1 saturated heterocycles. The Balaban J connectivity index is 1.48. The number of halogens is 3. The molecule has 4 rings (SSSR count). The molecule has 1 aromatic rings. The molecular formula is C23H30F3N3O3. The predicted molar refractivity (Wildman–Crippen MR) is 112 cm³/mol. The van der Waals surface area contributed by atoms with Crippen LogP contribution in [0.3, 0.4) is 0 Å². The molecule has 1 aliphatic carbocycles. The molecule has 9 heteroatoms. The topological polar surface area (TPSA) is 45.2 Å². The molecule has 2 fully saturated rings. The summed E-state index contributed by atoms with van der Waals surface area (Å²) in [5, 5.41) is 1.71. The summed E-state index contributed by atoms with van der Waals surface area (Å²) in [6, 6.07) is 6.73. The van der Waals surface area contributed by atoms with Crippen LogP contribution in [0.25, 0.3) is 0 Å². The van der Waals surface area contributed by atoms with Gasteiger partial charge in [0.05, 0.1) is 18.6 Å². The first-order valence-electron chi connectivity index (χ1n) is 11.0. The number of alkyl halides is 3. The zero-order chi connectivity index (χ0) is 23.1. The summed E-state index contributed by atoms with van der Waals surface area (Å²) < 4.78 is 41.5. The number of carbonyl (C=O) groups is 1. The van der Waals surface area contributed by atoms with Crippen molar-refractivity contribution in [3.63, 3.8) is 0 Å². The van der Waals surface area contributed by atoms with E-state index in [4.69, 9.17) is 4.84 Å². The molecule has 3 aliphatic rings. The lowest BCUT2D eigenvalue weighted by atomic mass is 9.88. The molecule has 1 aromatic carbocycles. The monoisotopic (exact) mass is 453 g/mol. The standard InChI is InChI=1S/C23H30F3N3O3/c1-22(2,3)21(30)32-29-13-17(16-4-8-20(9-5-16)31-23(24,25)26)12-19(14-29)28-11-10-27(15-28)18-6-7-18/h4-5,8-11,17-19H,6-7,12-15H2,1-3H3. The minimum absolute atomic E-state index is 0.00447. The van der Waals surface area contributed by atoms with Crippen LogP contribution in [0.1, 0.15) is 51.5 Å². The number of carbonyl (C=O) groups excluding carboxylic acids is 1. The molecule has 0 N–H and O–H groups in total. The van der Waals surface area contributed by atoms with E-state index in [9.17, 15) is 18.0 Å². The highest BCUT2D eigenvalue weighted by atomic mass is 19.4. The van der Waals surface area contributed by atoms with Crippen LogP contribution in [0, 0.1) is 5.41 Å². The van der Waals surface area contributed by atoms with E-state index in [1.54, 1.807) is 17.2 Å². The zero-order valence-corrected chi connectivity index (χ0v) is 18.6. The quantitative estimate of drug-likeness (QED) is 0.656. The average Bonchev–Trinajstić information content (AvgIpc) is 3.43. The number of ether oxygens (including phenoxy) is 1. The summed E-state index contributed by atoms with van der Waals surface area (Å²) in [6.07, 6.45) is 2.74. The van der Waals surface area contributed by atoms with E-state index in [2.05, 4.69) is 26.9 Å². The van der Waals surface area contributed by atoms with Gasteiger partial charge in [-0.1, -0.05) is 12.1 Å². The van der Waals surface area contributed by atoms with Gasteiger partial charge in [0.25, 0.3) is 0 Å². The number of hydrogen-bond donors (Lipinski definition) is 0. The summed E-state index contributed by atoms with van der Waals surface area (Å²) in [7, 11) is 0. The minimum atomic E-state index is -4.72. The van der Waals surface area contributed by atoms with E-state index >= 15 is 0 Å². The number of hydroxylamine groups is 2. The number of piperidine rings is 1. The Kier molecular flexibility index (Phi) is 6.04. The van der Waals surface area contributed by atoms with Crippen LogP contribution in [0.15, 0.2) is 36.7 Å². The predicted octanol–water partition coefficient (Wildman–Crippen LogP) is 4.46. The van der Waals surface area contributed by atoms with Gasteiger partial charge in [-0.05, 0) is 57.7 Å². The molecule has 2 aliphatic heterocycles. The van der Waals surface area contributed by atoms with Crippen molar-refractivity contribution in [2.45, 2.75) is 64.4 Å². The van der Waals surface area contributed by atoms with Crippen LogP contribution < -0.4 is 4.74 Å². The van der Waals surface area contributed by atoms with Gasteiger partial charge >= 0.3 is 12.3 Å². The molecule has 2 atom stereocenters. The highest BCUT2D eigenvalue weighted by Gasteiger charge is 2.38. The van der Waals surface area contributed by atoms with Crippen LogP contribution in [0.2, 0.25) is 0 Å². The van der Waals surface area contributed by atoms with Crippen LogP contribution in [0.4, 0.5) is 13.2 Å². The first-order chi connectivity index (χ1) is 15.0. The van der Waals surface area contributed by atoms with E-state index in [1.807, 2.05) is 20.8 Å². The van der Waals surface area contributed by atoms with E-state index < -0.39 is 11.8 Å². The fourth-order valence-corrected chi connectivity index (χ4v) is 4.12. The summed E-state index contributed by atoms with van der Waals surface area (Å²) in [5.74, 6) is -0.542. The Labute approximate surface area is 186 Å². The first-order valence-corrected chi connectivity index (χ1v) is 11.0. The fourth-order valence-electron chi connectivity index (χ4n) is 4.12. The van der Waals surface area contributed by atoms with Crippen LogP contribution in [-0.4, -0.2) is 59.0 Å². The molecule has 176 valence electrons. The second-order valence-electron chi connectivity index (χ2n) is 9.88. The highest BCUT2D eigenvalue weighted by molar-refractivity contribution is 5.75. The lowest BCUT2D eigenvalue weighted by molar-refractivity contribution is -0.274. The molecule has 6 nitrogen and oxygen atoms in total. The molecular weight excluding hydrogens is 423 g/mol. The second kappa shape index (κ2) is 8.50. The summed E-state index contributed by atoms with van der Waals surface area (Å²) in [5.41, 5.74) is 0.262. The van der Waals surface area contributed by atoms with Crippen molar-refractivity contribution in [1.82, 2.24) is 14.9 Å². The summed E-state index contributed by atoms with van der Waals surface area (Å²) in [6.45, 7) is 7.30. The third kappa shape index (κ3) is 5.68. The number of nitrogens with zero attached hydrogens (tertiary/aromatic N) is 3. The van der Waals surface area contributed by atoms with Crippen LogP contribution in [-0.2, 0) is 9.63 Å². The van der Waals surface area contributed by atoms with Gasteiger partial charge in [0, 0.05) is 36.9 Å². The number of benzene rings is 1. The molecule has 2 unspecified atom stereocenters. The maximum atomic E-state index is 12.5. The van der Waals surface area contributed by atoms with Gasteiger partial charge in [-0.25, -0.2) is 4.79 Å². The molecule has 0 radical (unpaired) electrons. The Hall–Kier alpha value is -2.42. The Morgan fingerprint density at radius 3 is 2.16 bits per heavy atom. The van der Waals surface area contributed by atoms with Crippen molar-refractivity contribution in [3.05, 3.63) is 42.2 Å². The van der Waals surface area contributed by atoms with Gasteiger partial charge in [-0.3, -0.25) is 0 Å². The van der Waals surface area contributed by atoms with Gasteiger partial charge < -0.3 is 19.4 Å². The molecule has 32 heavy (non-hydrogen) atoms. The SMILES string of the molecule is CC(C)(C)C(=O)ON1CC(c2ccc(OC(F)(F)F)cc2)CC(N2C=CN(C3CC3)C2)C1. The average molecular weight is 454 g/mol. The number of rotatable bonds is 5. The van der Waals surface area contributed by atoms with Crippen molar-refractivity contribution in [3.8, 4) is 5.75 Å². The van der Waals surface area contributed by atoms with E-state index in [-0.39, 0.29) is 23.7 Å². The van der Waals surface area contributed by atoms with Crippen molar-refractivity contribution in [2.24, 2.45) is 5.41 Å². The van der Waals surface area contributed by atoms with Crippen molar-refractivity contribution < 1.29 is 27.5 Å². The molecule has 0 spiro atoms. The number of hydrogen-bond acceptors (Lipinski definition) is 6. The summed E-state index contributed by atoms with van der Waals surface area (Å²) in [4.78, 5) is 22.8. The molecule has 0 aromatic heterocycles.